The van der Waals surface area contributed by atoms with E-state index in [9.17, 15) is 18.8 Å². The second kappa shape index (κ2) is 13.6. The Bertz CT molecular complexity index is 1480. The minimum absolute atomic E-state index is 0.00260. The van der Waals surface area contributed by atoms with Crippen LogP contribution in [-0.4, -0.2) is 76.9 Å². The number of amides is 2. The van der Waals surface area contributed by atoms with Crippen molar-refractivity contribution in [2.75, 3.05) is 26.2 Å². The molecular formula is C33H34FN5O4. The molecular weight excluding hydrogens is 549 g/mol. The highest BCUT2D eigenvalue weighted by atomic mass is 19.1. The van der Waals surface area contributed by atoms with Gasteiger partial charge in [0.2, 0.25) is 0 Å². The summed E-state index contributed by atoms with van der Waals surface area (Å²) in [6.45, 7) is 3.96. The van der Waals surface area contributed by atoms with Gasteiger partial charge in [-0.25, -0.2) is 4.39 Å². The summed E-state index contributed by atoms with van der Waals surface area (Å²) in [7, 11) is 0. The molecule has 2 saturated heterocycles. The van der Waals surface area contributed by atoms with Crippen LogP contribution in [0.4, 0.5) is 4.39 Å². The van der Waals surface area contributed by atoms with Gasteiger partial charge in [0.1, 0.15) is 23.7 Å². The number of benzene rings is 2. The summed E-state index contributed by atoms with van der Waals surface area (Å²) < 4.78 is 21.0. The number of halogens is 1. The number of ether oxygens (including phenoxy) is 1. The molecule has 0 radical (unpaired) electrons. The minimum Gasteiger partial charge on any atom is -0.490 e. The molecule has 0 bridgehead atoms. The number of aromatic nitrogens is 1. The predicted molar refractivity (Wildman–Crippen MR) is 157 cm³/mol. The third kappa shape index (κ3) is 7.62. The van der Waals surface area contributed by atoms with Crippen molar-refractivity contribution < 1.29 is 23.5 Å². The van der Waals surface area contributed by atoms with Gasteiger partial charge >= 0.3 is 0 Å². The van der Waals surface area contributed by atoms with E-state index in [-0.39, 0.29) is 35.6 Å². The molecule has 3 heterocycles. The van der Waals surface area contributed by atoms with E-state index in [0.29, 0.717) is 62.3 Å². The number of hydrogen-bond acceptors (Lipinski definition) is 7. The van der Waals surface area contributed by atoms with Crippen molar-refractivity contribution in [3.8, 4) is 11.8 Å². The molecule has 2 amide bonds. The van der Waals surface area contributed by atoms with Crippen LogP contribution in [0.25, 0.3) is 0 Å². The van der Waals surface area contributed by atoms with E-state index < -0.39 is 18.1 Å². The number of nitriles is 1. The number of Topliss-reactive ketones (excluding diaryl/α,β-unsaturated/α-hetero) is 1. The number of piperidine rings is 2. The number of alkyl halides is 1. The number of carbonyl (C=O) groups excluding carboxylic acids is 3. The first-order valence-corrected chi connectivity index (χ1v) is 14.5. The molecule has 1 aromatic heterocycles. The van der Waals surface area contributed by atoms with Crippen molar-refractivity contribution in [1.29, 1.82) is 5.26 Å². The molecule has 2 aromatic carbocycles. The molecule has 222 valence electrons. The van der Waals surface area contributed by atoms with Crippen LogP contribution < -0.4 is 10.1 Å². The van der Waals surface area contributed by atoms with Crippen molar-refractivity contribution in [3.05, 3.63) is 94.8 Å². The number of pyridine rings is 1. The summed E-state index contributed by atoms with van der Waals surface area (Å²) >= 11 is 0. The Labute approximate surface area is 250 Å². The molecule has 3 aromatic rings. The molecule has 5 rings (SSSR count). The number of ketones is 1. The van der Waals surface area contributed by atoms with Crippen molar-refractivity contribution in [1.82, 2.24) is 20.1 Å². The topological polar surface area (TPSA) is 116 Å². The van der Waals surface area contributed by atoms with Crippen LogP contribution in [0.5, 0.6) is 5.75 Å². The van der Waals surface area contributed by atoms with Crippen LogP contribution in [0.1, 0.15) is 68.5 Å². The summed E-state index contributed by atoms with van der Waals surface area (Å²) in [5.41, 5.74) is 2.74. The maximum Gasteiger partial charge on any atom is 0.272 e. The molecule has 2 aliphatic heterocycles. The first-order valence-electron chi connectivity index (χ1n) is 14.5. The summed E-state index contributed by atoms with van der Waals surface area (Å²) in [6, 6.07) is 18.8. The lowest BCUT2D eigenvalue weighted by Gasteiger charge is -2.35. The predicted octanol–water partition coefficient (Wildman–Crippen LogP) is 4.18. The molecule has 2 fully saturated rings. The Morgan fingerprint density at radius 2 is 1.67 bits per heavy atom. The van der Waals surface area contributed by atoms with Gasteiger partial charge in [-0.1, -0.05) is 12.1 Å². The number of nitrogens with zero attached hydrogens (tertiary/aromatic N) is 4. The Morgan fingerprint density at radius 3 is 2.28 bits per heavy atom. The van der Waals surface area contributed by atoms with Gasteiger partial charge in [-0.15, -0.1) is 0 Å². The zero-order valence-corrected chi connectivity index (χ0v) is 24.0. The highest BCUT2D eigenvalue weighted by molar-refractivity contribution is 5.96. The van der Waals surface area contributed by atoms with E-state index in [1.165, 1.54) is 19.2 Å². The van der Waals surface area contributed by atoms with E-state index in [1.807, 2.05) is 17.0 Å². The number of hydrogen-bond donors (Lipinski definition) is 1. The second-order valence-corrected chi connectivity index (χ2v) is 11.1. The highest BCUT2D eigenvalue weighted by Crippen LogP contribution is 2.21. The monoisotopic (exact) mass is 583 g/mol. The Hall–Kier alpha value is -4.62. The lowest BCUT2D eigenvalue weighted by molar-refractivity contribution is 0.0589. The molecule has 1 N–H and O–H groups in total. The standard InChI is InChI=1S/C33H34FN5O4/c1-22(40)25-6-9-27(10-7-25)43-28-12-16-39(17-13-28)33(42)31-11-8-26(19-36-31)32(41)37-30-14-15-38(21-29(30)34)20-24-4-2-23(18-35)3-5-24/h2-11,19,28-30H,12-17,20-21H2,1H3,(H,37,41)/t29-,30-/m1/s1. The van der Waals surface area contributed by atoms with Gasteiger partial charge in [-0.2, -0.15) is 5.26 Å². The Balaban J connectivity index is 1.07. The summed E-state index contributed by atoms with van der Waals surface area (Å²) in [4.78, 5) is 45.3. The highest BCUT2D eigenvalue weighted by Gasteiger charge is 2.31. The van der Waals surface area contributed by atoms with Gasteiger partial charge in [0, 0.05) is 57.3 Å². The van der Waals surface area contributed by atoms with Crippen LogP contribution in [0.15, 0.2) is 66.9 Å². The fraction of sp³-hybridized carbons (Fsp3) is 0.364. The van der Waals surface area contributed by atoms with Crippen LogP contribution in [0.3, 0.4) is 0 Å². The van der Waals surface area contributed by atoms with Crippen LogP contribution in [0.2, 0.25) is 0 Å². The van der Waals surface area contributed by atoms with Crippen molar-refractivity contribution in [3.63, 3.8) is 0 Å². The van der Waals surface area contributed by atoms with E-state index in [0.717, 1.165) is 5.56 Å². The van der Waals surface area contributed by atoms with E-state index in [4.69, 9.17) is 10.00 Å². The smallest absolute Gasteiger partial charge is 0.272 e. The third-order valence-electron chi connectivity index (χ3n) is 7.97. The molecule has 2 aliphatic rings. The van der Waals surface area contributed by atoms with Crippen LogP contribution in [0, 0.1) is 11.3 Å². The average Bonchev–Trinajstić information content (AvgIpc) is 3.03. The average molecular weight is 584 g/mol. The fourth-order valence-electron chi connectivity index (χ4n) is 5.42. The van der Waals surface area contributed by atoms with Gasteiger partial charge < -0.3 is 15.0 Å². The molecule has 0 spiro atoms. The number of likely N-dealkylation sites (tertiary alicyclic amines) is 2. The summed E-state index contributed by atoms with van der Waals surface area (Å²) in [5, 5.41) is 11.7. The fourth-order valence-corrected chi connectivity index (χ4v) is 5.42. The lowest BCUT2D eigenvalue weighted by Crippen LogP contribution is -2.52. The largest absolute Gasteiger partial charge is 0.490 e. The number of rotatable bonds is 8. The molecule has 0 saturated carbocycles. The van der Waals surface area contributed by atoms with Crippen molar-refractivity contribution in [2.24, 2.45) is 0 Å². The lowest BCUT2D eigenvalue weighted by atomic mass is 10.0. The molecule has 9 nitrogen and oxygen atoms in total. The Kier molecular flexibility index (Phi) is 9.42. The first kappa shape index (κ1) is 29.9. The van der Waals surface area contributed by atoms with Gasteiger partial charge in [0.25, 0.3) is 11.8 Å². The summed E-state index contributed by atoms with van der Waals surface area (Å²) in [5.74, 6) is 0.0597. The van der Waals surface area contributed by atoms with Crippen molar-refractivity contribution >= 4 is 17.6 Å². The summed E-state index contributed by atoms with van der Waals surface area (Å²) in [6.07, 6.45) is 1.90. The zero-order valence-electron chi connectivity index (χ0n) is 24.0. The van der Waals surface area contributed by atoms with Gasteiger partial charge in [0.05, 0.1) is 23.2 Å². The van der Waals surface area contributed by atoms with Crippen molar-refractivity contribution in [2.45, 2.75) is 51.0 Å². The second-order valence-electron chi connectivity index (χ2n) is 11.1. The maximum atomic E-state index is 15.0. The molecule has 10 heteroatoms. The van der Waals surface area contributed by atoms with E-state index in [1.54, 1.807) is 47.4 Å². The third-order valence-corrected chi connectivity index (χ3v) is 7.97. The van der Waals surface area contributed by atoms with E-state index >= 15 is 0 Å². The Morgan fingerprint density at radius 1 is 0.977 bits per heavy atom. The maximum absolute atomic E-state index is 15.0. The quantitative estimate of drug-likeness (QED) is 0.396. The zero-order chi connectivity index (χ0) is 30.3. The molecule has 0 aliphatic carbocycles. The van der Waals surface area contributed by atoms with E-state index in [2.05, 4.69) is 16.4 Å². The number of nitrogens with one attached hydrogen (secondary N) is 1. The first-order chi connectivity index (χ1) is 20.8. The normalized spacial score (nSPS) is 19.3. The number of carbonyl (C=O) groups is 3. The van der Waals surface area contributed by atoms with Crippen LogP contribution >= 0.6 is 0 Å². The molecule has 0 unspecified atom stereocenters. The SMILES string of the molecule is CC(=O)c1ccc(OC2CCN(C(=O)c3ccc(C(=O)N[C@@H]4CCN(Cc5ccc(C#N)cc5)C[C@H]4F)cn3)CC2)cc1. The molecule has 2 atom stereocenters. The minimum atomic E-state index is -1.23. The van der Waals surface area contributed by atoms with Gasteiger partial charge in [-0.05, 0) is 67.4 Å². The van der Waals surface area contributed by atoms with Gasteiger partial charge in [0.15, 0.2) is 5.78 Å². The molecule has 43 heavy (non-hydrogen) atoms. The van der Waals surface area contributed by atoms with Gasteiger partial charge in [-0.3, -0.25) is 24.3 Å². The van der Waals surface area contributed by atoms with Crippen LogP contribution in [-0.2, 0) is 6.54 Å².